The summed E-state index contributed by atoms with van der Waals surface area (Å²) in [7, 11) is 0. The Bertz CT molecular complexity index is 1650. The average Bonchev–Trinajstić information content (AvgIpc) is 3.13. The first-order valence-electron chi connectivity index (χ1n) is 13.0. The van der Waals surface area contributed by atoms with Gasteiger partial charge in [-0.2, -0.15) is 0 Å². The molecule has 1 amide bonds. The molecule has 2 aliphatic heterocycles. The van der Waals surface area contributed by atoms with Crippen LogP contribution in [0.2, 0.25) is 10.0 Å². The third kappa shape index (κ3) is 5.81. The second-order valence-corrected chi connectivity index (χ2v) is 11.5. The van der Waals surface area contributed by atoms with Crippen LogP contribution < -0.4 is 10.6 Å². The summed E-state index contributed by atoms with van der Waals surface area (Å²) < 4.78 is 15.9. The first-order valence-corrected chi connectivity index (χ1v) is 15.3. The van der Waals surface area contributed by atoms with Crippen LogP contribution in [0.1, 0.15) is 27.0 Å². The lowest BCUT2D eigenvalue weighted by Gasteiger charge is -2.33. The van der Waals surface area contributed by atoms with Crippen molar-refractivity contribution in [2.45, 2.75) is 12.6 Å². The van der Waals surface area contributed by atoms with Gasteiger partial charge in [0.05, 0.1) is 28.5 Å². The number of nitrogens with one attached hydrogen (secondary N) is 2. The van der Waals surface area contributed by atoms with Crippen molar-refractivity contribution < 1.29 is 9.18 Å². The molecule has 3 aromatic carbocycles. The highest BCUT2D eigenvalue weighted by molar-refractivity contribution is 14.1. The number of amides is 1. The van der Waals surface area contributed by atoms with Crippen LogP contribution >= 0.6 is 45.8 Å². The largest absolute Gasteiger partial charge is 0.336 e. The van der Waals surface area contributed by atoms with E-state index in [0.29, 0.717) is 52.6 Å². The molecular weight excluding hydrogens is 677 g/mol. The summed E-state index contributed by atoms with van der Waals surface area (Å²) in [4.78, 5) is 29.0. The maximum Gasteiger partial charge on any atom is 0.253 e. The van der Waals surface area contributed by atoms with Crippen LogP contribution in [0.5, 0.6) is 0 Å². The number of fused-ring (bicyclic) bond motifs is 3. The van der Waals surface area contributed by atoms with Crippen molar-refractivity contribution in [1.82, 2.24) is 20.2 Å². The molecule has 6 rings (SSSR count). The van der Waals surface area contributed by atoms with Crippen LogP contribution in [0.25, 0.3) is 11.3 Å². The van der Waals surface area contributed by atoms with E-state index in [1.54, 1.807) is 30.5 Å². The van der Waals surface area contributed by atoms with Gasteiger partial charge in [-0.1, -0.05) is 57.9 Å². The van der Waals surface area contributed by atoms with Crippen LogP contribution in [0.3, 0.4) is 0 Å². The van der Waals surface area contributed by atoms with E-state index in [2.05, 4.69) is 38.2 Å². The minimum Gasteiger partial charge on any atom is -0.336 e. The van der Waals surface area contributed by atoms with Gasteiger partial charge in [-0.15, -0.1) is 0 Å². The molecule has 1 saturated heterocycles. The highest BCUT2D eigenvalue weighted by Crippen LogP contribution is 2.35. The fourth-order valence-corrected chi connectivity index (χ4v) is 6.06. The number of anilines is 2. The number of piperazine rings is 1. The van der Waals surface area contributed by atoms with Gasteiger partial charge in [0, 0.05) is 69.3 Å². The van der Waals surface area contributed by atoms with Gasteiger partial charge in [-0.25, -0.2) is 14.4 Å². The van der Waals surface area contributed by atoms with Gasteiger partial charge < -0.3 is 15.5 Å². The van der Waals surface area contributed by atoms with Gasteiger partial charge >= 0.3 is 0 Å². The molecule has 0 spiro atoms. The molecule has 1 atom stereocenters. The number of nitrogens with zero attached hydrogens (tertiary/aromatic N) is 4. The van der Waals surface area contributed by atoms with E-state index < -0.39 is 5.82 Å². The molecule has 2 N–H and O–H groups in total. The number of carbonyl (C=O) groups excluding carboxylic acids is 1. The predicted molar refractivity (Wildman–Crippen MR) is 170 cm³/mol. The predicted octanol–water partition coefficient (Wildman–Crippen LogP) is 6.53. The number of benzene rings is 3. The molecule has 41 heavy (non-hydrogen) atoms. The Morgan fingerprint density at radius 3 is 2.73 bits per heavy atom. The van der Waals surface area contributed by atoms with Crippen LogP contribution in [0.15, 0.2) is 71.9 Å². The number of halogens is 4. The normalized spacial score (nSPS) is 16.3. The first kappa shape index (κ1) is 28.0. The molecule has 0 aliphatic carbocycles. The van der Waals surface area contributed by atoms with Crippen molar-refractivity contribution in [3.8, 4) is 11.3 Å². The van der Waals surface area contributed by atoms with E-state index in [1.165, 1.54) is 6.07 Å². The number of aliphatic imine (C=N–C) groups is 1. The third-order valence-corrected chi connectivity index (χ3v) is 8.69. The topological polar surface area (TPSA) is 82.5 Å². The van der Waals surface area contributed by atoms with E-state index in [0.717, 1.165) is 27.8 Å². The van der Waals surface area contributed by atoms with Crippen LogP contribution in [-0.4, -0.2) is 56.6 Å². The summed E-state index contributed by atoms with van der Waals surface area (Å²) >= 11 is 15.1. The molecule has 11 heteroatoms. The standard InChI is InChI=1S/C30H24Cl2FIN6O/c31-19-6-9-22-23(12-19)28(26-24(32)2-1-3-25(26)33)36-14-18-15-37-30(39-27(18)22)38-20-7-4-17(5-8-20)29(41)40-11-10-35-21(13-34)16-40/h1-9,12,15,21,35H,10-11,13-14,16H2,(H,37,38,39). The van der Waals surface area contributed by atoms with Crippen LogP contribution in [-0.2, 0) is 6.54 Å². The SMILES string of the molecule is O=C(c1ccc(Nc2ncc3c(n2)-c2ccc(Cl)cc2C(c2c(F)cccc2Cl)=NC3)cc1)N1CCNC(CI)C1. The Balaban J connectivity index is 1.28. The molecular formula is C30H24Cl2FIN6O. The van der Waals surface area contributed by atoms with Crippen molar-refractivity contribution in [1.29, 1.82) is 0 Å². The van der Waals surface area contributed by atoms with Gasteiger partial charge in [0.2, 0.25) is 5.95 Å². The lowest BCUT2D eigenvalue weighted by atomic mass is 9.95. The number of rotatable bonds is 5. The van der Waals surface area contributed by atoms with Gasteiger partial charge in [0.1, 0.15) is 5.82 Å². The van der Waals surface area contributed by atoms with Crippen molar-refractivity contribution >= 4 is 69.0 Å². The van der Waals surface area contributed by atoms with E-state index in [-0.39, 0.29) is 23.0 Å². The van der Waals surface area contributed by atoms with E-state index in [9.17, 15) is 9.18 Å². The summed E-state index contributed by atoms with van der Waals surface area (Å²) in [5, 5.41) is 7.41. The maximum atomic E-state index is 15.0. The van der Waals surface area contributed by atoms with Crippen LogP contribution in [0, 0.1) is 5.82 Å². The Hall–Kier alpha value is -3.12. The second kappa shape index (κ2) is 12.0. The van der Waals surface area contributed by atoms with Crippen molar-refractivity contribution in [3.63, 3.8) is 0 Å². The Morgan fingerprint density at radius 1 is 1.12 bits per heavy atom. The van der Waals surface area contributed by atoms with Crippen LogP contribution in [0.4, 0.5) is 16.0 Å². The summed E-state index contributed by atoms with van der Waals surface area (Å²) in [5.41, 5.74) is 4.83. The lowest BCUT2D eigenvalue weighted by Crippen LogP contribution is -2.53. The van der Waals surface area contributed by atoms with Crippen molar-refractivity contribution in [2.24, 2.45) is 4.99 Å². The third-order valence-electron chi connectivity index (χ3n) is 7.08. The number of hydrogen-bond acceptors (Lipinski definition) is 6. The van der Waals surface area contributed by atoms with Gasteiger partial charge in [0.15, 0.2) is 0 Å². The zero-order chi connectivity index (χ0) is 28.5. The molecule has 2 aliphatic rings. The molecule has 0 saturated carbocycles. The second-order valence-electron chi connectivity index (χ2n) is 9.78. The minimum absolute atomic E-state index is 0.0233. The maximum absolute atomic E-state index is 15.0. The summed E-state index contributed by atoms with van der Waals surface area (Å²) in [6, 6.07) is 17.5. The van der Waals surface area contributed by atoms with E-state index in [1.807, 2.05) is 35.2 Å². The van der Waals surface area contributed by atoms with Gasteiger partial charge in [-0.05, 0) is 48.5 Å². The number of aromatic nitrogens is 2. The minimum atomic E-state index is -0.467. The summed E-state index contributed by atoms with van der Waals surface area (Å²) in [6.07, 6.45) is 1.71. The zero-order valence-electron chi connectivity index (χ0n) is 21.7. The molecule has 0 radical (unpaired) electrons. The highest BCUT2D eigenvalue weighted by Gasteiger charge is 2.25. The molecule has 7 nitrogen and oxygen atoms in total. The highest BCUT2D eigenvalue weighted by atomic mass is 127. The zero-order valence-corrected chi connectivity index (χ0v) is 25.3. The van der Waals surface area contributed by atoms with Gasteiger partial charge in [-0.3, -0.25) is 9.79 Å². The Morgan fingerprint density at radius 2 is 1.95 bits per heavy atom. The molecule has 0 bridgehead atoms. The van der Waals surface area contributed by atoms with E-state index in [4.69, 9.17) is 33.2 Å². The monoisotopic (exact) mass is 700 g/mol. The molecule has 1 aromatic heterocycles. The average molecular weight is 701 g/mol. The molecule has 1 fully saturated rings. The van der Waals surface area contributed by atoms with Crippen molar-refractivity contribution in [2.75, 3.05) is 29.4 Å². The molecule has 1 unspecified atom stereocenters. The summed E-state index contributed by atoms with van der Waals surface area (Å²) in [6.45, 7) is 2.43. The molecule has 208 valence electrons. The Kier molecular flexibility index (Phi) is 8.21. The number of hydrogen-bond donors (Lipinski definition) is 2. The quantitative estimate of drug-likeness (QED) is 0.183. The molecule has 4 aromatic rings. The first-order chi connectivity index (χ1) is 19.9. The molecule has 3 heterocycles. The lowest BCUT2D eigenvalue weighted by molar-refractivity contribution is 0.0711. The smallest absolute Gasteiger partial charge is 0.253 e. The van der Waals surface area contributed by atoms with E-state index >= 15 is 0 Å². The van der Waals surface area contributed by atoms with Gasteiger partial charge in [0.25, 0.3) is 5.91 Å². The summed E-state index contributed by atoms with van der Waals surface area (Å²) in [5.74, 6) is -0.0661. The number of alkyl halides is 1. The van der Waals surface area contributed by atoms with Crippen molar-refractivity contribution in [3.05, 3.63) is 105 Å². The Labute approximate surface area is 260 Å². The fourth-order valence-electron chi connectivity index (χ4n) is 5.04. The fraction of sp³-hybridized carbons (Fsp3) is 0.200. The number of carbonyl (C=O) groups is 1.